The molecular formula is C12H13ClN4O. The van der Waals surface area contributed by atoms with Gasteiger partial charge in [0.05, 0.1) is 28.3 Å². The molecule has 0 radical (unpaired) electrons. The molecule has 0 aliphatic heterocycles. The Labute approximate surface area is 110 Å². The van der Waals surface area contributed by atoms with Crippen molar-refractivity contribution in [2.75, 3.05) is 5.32 Å². The summed E-state index contributed by atoms with van der Waals surface area (Å²) in [6.45, 7) is 5.18. The highest BCUT2D eigenvalue weighted by atomic mass is 35.5. The molecule has 0 saturated carbocycles. The number of carbonyl (C=O) groups excluding carboxylic acids is 1. The Morgan fingerprint density at radius 1 is 1.39 bits per heavy atom. The van der Waals surface area contributed by atoms with Crippen LogP contribution >= 0.6 is 11.6 Å². The summed E-state index contributed by atoms with van der Waals surface area (Å²) in [6.07, 6.45) is 1.58. The Morgan fingerprint density at radius 2 is 2.11 bits per heavy atom. The number of nitrogens with zero attached hydrogens (tertiary/aromatic N) is 3. The van der Waals surface area contributed by atoms with Crippen molar-refractivity contribution in [1.29, 1.82) is 0 Å². The second-order valence-electron chi connectivity index (χ2n) is 3.98. The van der Waals surface area contributed by atoms with Crippen LogP contribution in [-0.2, 0) is 4.79 Å². The molecule has 94 valence electrons. The molecule has 5 nitrogen and oxygen atoms in total. The molecule has 0 unspecified atom stereocenters. The molecule has 1 amide bonds. The van der Waals surface area contributed by atoms with Gasteiger partial charge in [-0.15, -0.1) is 0 Å². The average molecular weight is 265 g/mol. The van der Waals surface area contributed by atoms with Gasteiger partial charge >= 0.3 is 0 Å². The summed E-state index contributed by atoms with van der Waals surface area (Å²) in [6, 6.07) is 3.55. The monoisotopic (exact) mass is 264 g/mol. The number of carbonyl (C=O) groups is 1. The zero-order valence-corrected chi connectivity index (χ0v) is 11.1. The normalized spacial score (nSPS) is 10.4. The summed E-state index contributed by atoms with van der Waals surface area (Å²) < 4.78 is 1.68. The lowest BCUT2D eigenvalue weighted by Crippen LogP contribution is -2.07. The first-order chi connectivity index (χ1) is 8.49. The minimum atomic E-state index is -0.126. The Balaban J connectivity index is 2.34. The Morgan fingerprint density at radius 3 is 2.56 bits per heavy atom. The Hall–Kier alpha value is -1.88. The predicted molar refractivity (Wildman–Crippen MR) is 70.1 cm³/mol. The summed E-state index contributed by atoms with van der Waals surface area (Å²) >= 11 is 6.08. The number of nitrogens with one attached hydrogen (secondary N) is 1. The van der Waals surface area contributed by atoms with Gasteiger partial charge in [-0.2, -0.15) is 5.10 Å². The summed E-state index contributed by atoms with van der Waals surface area (Å²) in [5.41, 5.74) is 2.26. The molecule has 0 atom stereocenters. The van der Waals surface area contributed by atoms with Crippen LogP contribution in [0.2, 0.25) is 5.02 Å². The maximum absolute atomic E-state index is 10.9. The van der Waals surface area contributed by atoms with Crippen molar-refractivity contribution in [2.45, 2.75) is 20.8 Å². The van der Waals surface area contributed by atoms with Gasteiger partial charge < -0.3 is 5.32 Å². The lowest BCUT2D eigenvalue weighted by Gasteiger charge is -2.05. The topological polar surface area (TPSA) is 59.8 Å². The summed E-state index contributed by atoms with van der Waals surface area (Å²) in [5.74, 6) is 0.537. The highest BCUT2D eigenvalue weighted by Crippen LogP contribution is 2.21. The van der Waals surface area contributed by atoms with Crippen molar-refractivity contribution in [3.05, 3.63) is 34.7 Å². The third kappa shape index (κ3) is 2.36. The Kier molecular flexibility index (Phi) is 3.34. The molecule has 2 aromatic rings. The van der Waals surface area contributed by atoms with E-state index in [2.05, 4.69) is 15.4 Å². The first kappa shape index (κ1) is 12.6. The van der Waals surface area contributed by atoms with E-state index < -0.39 is 0 Å². The van der Waals surface area contributed by atoms with Gasteiger partial charge in [0.15, 0.2) is 5.82 Å². The molecule has 2 heterocycles. The molecule has 0 spiro atoms. The summed E-state index contributed by atoms with van der Waals surface area (Å²) in [7, 11) is 0. The standard InChI is InChI=1S/C12H13ClN4O/c1-7-12(13)8(2)17(16-7)11-5-4-10(6-14-11)15-9(3)18/h4-6H,1-3H3,(H,15,18). The number of hydrogen-bond donors (Lipinski definition) is 1. The number of rotatable bonds is 2. The Bertz CT molecular complexity index is 589. The van der Waals surface area contributed by atoms with E-state index in [1.165, 1.54) is 6.92 Å². The maximum atomic E-state index is 10.9. The van der Waals surface area contributed by atoms with Crippen LogP contribution in [0.25, 0.3) is 5.82 Å². The predicted octanol–water partition coefficient (Wildman–Crippen LogP) is 2.50. The number of aryl methyl sites for hydroxylation is 1. The quantitative estimate of drug-likeness (QED) is 0.907. The van der Waals surface area contributed by atoms with E-state index in [1.54, 1.807) is 23.0 Å². The van der Waals surface area contributed by atoms with Gasteiger partial charge in [-0.05, 0) is 26.0 Å². The number of pyridine rings is 1. The molecule has 18 heavy (non-hydrogen) atoms. The third-order valence-electron chi connectivity index (χ3n) is 2.49. The SMILES string of the molecule is CC(=O)Nc1ccc(-n2nc(C)c(Cl)c2C)nc1. The van der Waals surface area contributed by atoms with Gasteiger partial charge in [-0.1, -0.05) is 11.6 Å². The van der Waals surface area contributed by atoms with E-state index in [0.29, 0.717) is 16.5 Å². The highest BCUT2D eigenvalue weighted by molar-refractivity contribution is 6.31. The van der Waals surface area contributed by atoms with Crippen molar-refractivity contribution in [1.82, 2.24) is 14.8 Å². The lowest BCUT2D eigenvalue weighted by molar-refractivity contribution is -0.114. The van der Waals surface area contributed by atoms with Gasteiger partial charge in [0.1, 0.15) is 0 Å². The van der Waals surface area contributed by atoms with Crippen LogP contribution in [0.3, 0.4) is 0 Å². The first-order valence-corrected chi connectivity index (χ1v) is 5.82. The second-order valence-corrected chi connectivity index (χ2v) is 4.36. The largest absolute Gasteiger partial charge is 0.325 e. The molecular weight excluding hydrogens is 252 g/mol. The summed E-state index contributed by atoms with van der Waals surface area (Å²) in [4.78, 5) is 15.1. The van der Waals surface area contributed by atoms with Crippen molar-refractivity contribution < 1.29 is 4.79 Å². The second kappa shape index (κ2) is 4.78. The maximum Gasteiger partial charge on any atom is 0.221 e. The molecule has 0 fully saturated rings. The van der Waals surface area contributed by atoms with Crippen LogP contribution in [0, 0.1) is 13.8 Å². The first-order valence-electron chi connectivity index (χ1n) is 5.45. The number of aromatic nitrogens is 3. The van der Waals surface area contributed by atoms with Gasteiger partial charge in [0.25, 0.3) is 0 Å². The van der Waals surface area contributed by atoms with E-state index in [-0.39, 0.29) is 5.91 Å². The molecule has 0 bridgehead atoms. The van der Waals surface area contributed by atoms with Crippen molar-refractivity contribution in [3.63, 3.8) is 0 Å². The zero-order valence-electron chi connectivity index (χ0n) is 10.4. The molecule has 0 aliphatic rings. The number of halogens is 1. The molecule has 0 saturated heterocycles. The van der Waals surface area contributed by atoms with Crippen LogP contribution in [0.15, 0.2) is 18.3 Å². The fourth-order valence-electron chi connectivity index (χ4n) is 1.64. The number of anilines is 1. The average Bonchev–Trinajstić information content (AvgIpc) is 2.57. The zero-order chi connectivity index (χ0) is 13.3. The van der Waals surface area contributed by atoms with Crippen LogP contribution in [0.5, 0.6) is 0 Å². The van der Waals surface area contributed by atoms with Crippen molar-refractivity contribution >= 4 is 23.2 Å². The highest BCUT2D eigenvalue weighted by Gasteiger charge is 2.11. The summed E-state index contributed by atoms with van der Waals surface area (Å²) in [5, 5.41) is 7.60. The van der Waals surface area contributed by atoms with Crippen molar-refractivity contribution in [3.8, 4) is 5.82 Å². The van der Waals surface area contributed by atoms with Crippen molar-refractivity contribution in [2.24, 2.45) is 0 Å². The van der Waals surface area contributed by atoms with Crippen LogP contribution in [-0.4, -0.2) is 20.7 Å². The molecule has 0 aliphatic carbocycles. The molecule has 6 heteroatoms. The minimum absolute atomic E-state index is 0.126. The van der Waals surface area contributed by atoms with E-state index in [9.17, 15) is 4.79 Å². The fraction of sp³-hybridized carbons (Fsp3) is 0.250. The van der Waals surface area contributed by atoms with E-state index in [1.807, 2.05) is 13.8 Å². The van der Waals surface area contributed by atoms with Crippen LogP contribution < -0.4 is 5.32 Å². The van der Waals surface area contributed by atoms with Crippen LogP contribution in [0.1, 0.15) is 18.3 Å². The number of hydrogen-bond acceptors (Lipinski definition) is 3. The molecule has 1 N–H and O–H groups in total. The molecule has 0 aromatic carbocycles. The van der Waals surface area contributed by atoms with Crippen LogP contribution in [0.4, 0.5) is 5.69 Å². The van der Waals surface area contributed by atoms with Gasteiger partial charge in [0.2, 0.25) is 5.91 Å². The molecule has 2 aromatic heterocycles. The van der Waals surface area contributed by atoms with E-state index in [4.69, 9.17) is 11.6 Å². The molecule has 2 rings (SSSR count). The van der Waals surface area contributed by atoms with E-state index >= 15 is 0 Å². The minimum Gasteiger partial charge on any atom is -0.325 e. The lowest BCUT2D eigenvalue weighted by atomic mass is 10.3. The van der Waals surface area contributed by atoms with E-state index in [0.717, 1.165) is 11.4 Å². The smallest absolute Gasteiger partial charge is 0.221 e. The third-order valence-corrected chi connectivity index (χ3v) is 3.04. The fourth-order valence-corrected chi connectivity index (χ4v) is 1.75. The van der Waals surface area contributed by atoms with Gasteiger partial charge in [0, 0.05) is 6.92 Å². The van der Waals surface area contributed by atoms with Gasteiger partial charge in [-0.25, -0.2) is 9.67 Å². The number of amides is 1. The van der Waals surface area contributed by atoms with Gasteiger partial charge in [-0.3, -0.25) is 4.79 Å².